The normalized spacial score (nSPS) is 11.2. The summed E-state index contributed by atoms with van der Waals surface area (Å²) in [6.45, 7) is 0. The summed E-state index contributed by atoms with van der Waals surface area (Å²) < 4.78 is 3.93. The van der Waals surface area contributed by atoms with E-state index < -0.39 is 8.07 Å². The van der Waals surface area contributed by atoms with Crippen LogP contribution in [0.1, 0.15) is 0 Å². The third kappa shape index (κ3) is 4.90. The molecule has 0 spiro atoms. The smallest absolute Gasteiger partial charge is 0.135 e. The van der Waals surface area contributed by atoms with E-state index in [1.807, 2.05) is 11.3 Å². The van der Waals surface area contributed by atoms with Gasteiger partial charge in [-0.25, -0.2) is 0 Å². The molecule has 1 aromatic heterocycles. The molecule has 7 aromatic rings. The van der Waals surface area contributed by atoms with E-state index in [0.29, 0.717) is 0 Å². The van der Waals surface area contributed by atoms with Crippen molar-refractivity contribution < 1.29 is 0 Å². The van der Waals surface area contributed by atoms with Crippen molar-refractivity contribution in [3.05, 3.63) is 168 Å². The average Bonchev–Trinajstić information content (AvgIpc) is 3.39. The molecule has 0 aliphatic rings. The van der Waals surface area contributed by atoms with Gasteiger partial charge < -0.3 is 0 Å². The highest BCUT2D eigenvalue weighted by Gasteiger charge is 2.42. The zero-order chi connectivity index (χ0) is 26.5. The highest BCUT2D eigenvalue weighted by atomic mass is 79.9. The van der Waals surface area contributed by atoms with E-state index in [0.717, 1.165) is 0 Å². The van der Waals surface area contributed by atoms with Gasteiger partial charge in [-0.05, 0) is 38.9 Å². The summed E-state index contributed by atoms with van der Waals surface area (Å²) in [6, 6.07) is 58.7. The van der Waals surface area contributed by atoms with Crippen LogP contribution in [0.25, 0.3) is 20.2 Å². The molecule has 7 rings (SSSR count). The third-order valence-corrected chi connectivity index (χ3v) is 14.2. The first-order chi connectivity index (χ1) is 19.3. The standard InChI is InChI=1S/C24H19BrSi.C12H8S/c25-23-18-10-11-19-24(23)26(20-12-4-1-5-13-20,21-14-6-2-7-15-21)22-16-8-3-9-17-22;1-3-7-11-9(5-1)10-6-2-4-8-12(10)13-11/h1-19H;1-8H. The predicted octanol–water partition coefficient (Wildman–Crippen LogP) is 7.88. The summed E-state index contributed by atoms with van der Waals surface area (Å²) in [5, 5.41) is 8.31. The fourth-order valence-corrected chi connectivity index (χ4v) is 12.6. The summed E-state index contributed by atoms with van der Waals surface area (Å²) in [4.78, 5) is 0. The maximum absolute atomic E-state index is 3.86. The maximum Gasteiger partial charge on any atom is 0.180 e. The summed E-state index contributed by atoms with van der Waals surface area (Å²) in [6.07, 6.45) is 0. The van der Waals surface area contributed by atoms with Crippen LogP contribution in [-0.2, 0) is 0 Å². The van der Waals surface area contributed by atoms with Gasteiger partial charge in [-0.2, -0.15) is 0 Å². The molecule has 0 radical (unpaired) electrons. The highest BCUT2D eigenvalue weighted by molar-refractivity contribution is 9.10. The van der Waals surface area contributed by atoms with Gasteiger partial charge in [-0.1, -0.05) is 162 Å². The van der Waals surface area contributed by atoms with Crippen LogP contribution in [0.3, 0.4) is 0 Å². The zero-order valence-electron chi connectivity index (χ0n) is 21.4. The number of benzene rings is 6. The SMILES string of the molecule is Brc1ccccc1[Si](c1ccccc1)(c1ccccc1)c1ccccc1.c1ccc2c(c1)sc1ccccc12. The molecule has 1 heterocycles. The van der Waals surface area contributed by atoms with Crippen molar-refractivity contribution in [2.75, 3.05) is 0 Å². The molecule has 39 heavy (non-hydrogen) atoms. The molecule has 6 aromatic carbocycles. The number of halogens is 1. The van der Waals surface area contributed by atoms with Gasteiger partial charge in [0.2, 0.25) is 0 Å². The Labute approximate surface area is 243 Å². The first-order valence-corrected chi connectivity index (χ1v) is 16.7. The van der Waals surface area contributed by atoms with Crippen molar-refractivity contribution in [1.82, 2.24) is 0 Å². The van der Waals surface area contributed by atoms with Crippen molar-refractivity contribution in [2.24, 2.45) is 0 Å². The van der Waals surface area contributed by atoms with E-state index in [1.54, 1.807) is 0 Å². The molecule has 0 aliphatic carbocycles. The van der Waals surface area contributed by atoms with E-state index in [4.69, 9.17) is 0 Å². The van der Waals surface area contributed by atoms with E-state index in [9.17, 15) is 0 Å². The quantitative estimate of drug-likeness (QED) is 0.143. The molecule has 3 heteroatoms. The molecule has 0 unspecified atom stereocenters. The van der Waals surface area contributed by atoms with Gasteiger partial charge >= 0.3 is 0 Å². The Morgan fingerprint density at radius 1 is 0.385 bits per heavy atom. The lowest BCUT2D eigenvalue weighted by molar-refractivity contribution is 1.64. The molecule has 188 valence electrons. The summed E-state index contributed by atoms with van der Waals surface area (Å²) in [5.41, 5.74) is 0. The number of hydrogen-bond acceptors (Lipinski definition) is 1. The lowest BCUT2D eigenvalue weighted by Crippen LogP contribution is -2.75. The molecular formula is C36H27BrSSi. The molecule has 0 nitrogen and oxygen atoms in total. The van der Waals surface area contributed by atoms with Gasteiger partial charge in [0.25, 0.3) is 0 Å². The van der Waals surface area contributed by atoms with Gasteiger partial charge in [-0.3, -0.25) is 0 Å². The van der Waals surface area contributed by atoms with Crippen molar-refractivity contribution in [3.63, 3.8) is 0 Å². The predicted molar refractivity (Wildman–Crippen MR) is 177 cm³/mol. The Balaban J connectivity index is 0.000000176. The summed E-state index contributed by atoms with van der Waals surface area (Å²) in [7, 11) is -2.39. The molecule has 0 N–H and O–H groups in total. The van der Waals surface area contributed by atoms with Crippen LogP contribution in [0, 0.1) is 0 Å². The van der Waals surface area contributed by atoms with Gasteiger partial charge in [0.1, 0.15) is 0 Å². The second-order valence-electron chi connectivity index (χ2n) is 9.42. The molecular weight excluding hydrogens is 572 g/mol. The zero-order valence-corrected chi connectivity index (χ0v) is 24.8. The van der Waals surface area contributed by atoms with Gasteiger partial charge in [0, 0.05) is 24.6 Å². The van der Waals surface area contributed by atoms with Crippen LogP contribution in [-0.4, -0.2) is 8.07 Å². The Kier molecular flexibility index (Phi) is 7.55. The van der Waals surface area contributed by atoms with Gasteiger partial charge in [0.15, 0.2) is 8.07 Å². The lowest BCUT2D eigenvalue weighted by atomic mass is 10.2. The van der Waals surface area contributed by atoms with Crippen LogP contribution in [0.15, 0.2) is 168 Å². The number of rotatable bonds is 4. The van der Waals surface area contributed by atoms with Gasteiger partial charge in [0.05, 0.1) is 0 Å². The van der Waals surface area contributed by atoms with Crippen molar-refractivity contribution in [1.29, 1.82) is 0 Å². The molecule has 0 atom stereocenters. The largest absolute Gasteiger partial charge is 0.180 e. The molecule has 0 aliphatic heterocycles. The van der Waals surface area contributed by atoms with E-state index in [2.05, 4.69) is 180 Å². The lowest BCUT2D eigenvalue weighted by Gasteiger charge is -2.35. The van der Waals surface area contributed by atoms with Crippen molar-refractivity contribution >= 4 is 76.3 Å². The molecule has 0 saturated carbocycles. The number of hydrogen-bond donors (Lipinski definition) is 0. The van der Waals surface area contributed by atoms with Crippen LogP contribution < -0.4 is 20.7 Å². The fourth-order valence-electron chi connectivity index (χ4n) is 5.47. The minimum atomic E-state index is -2.39. The fraction of sp³-hybridized carbons (Fsp3) is 0. The second-order valence-corrected chi connectivity index (χ2v) is 15.1. The third-order valence-electron chi connectivity index (χ3n) is 7.18. The number of thiophene rings is 1. The van der Waals surface area contributed by atoms with Crippen LogP contribution in [0.5, 0.6) is 0 Å². The topological polar surface area (TPSA) is 0 Å². The monoisotopic (exact) mass is 598 g/mol. The average molecular weight is 600 g/mol. The summed E-state index contributed by atoms with van der Waals surface area (Å²) >= 11 is 5.72. The first kappa shape index (κ1) is 25.5. The minimum Gasteiger partial charge on any atom is -0.135 e. The maximum atomic E-state index is 3.86. The van der Waals surface area contributed by atoms with Crippen LogP contribution in [0.4, 0.5) is 0 Å². The molecule has 0 bridgehead atoms. The summed E-state index contributed by atoms with van der Waals surface area (Å²) in [5.74, 6) is 0. The second kappa shape index (κ2) is 11.5. The van der Waals surface area contributed by atoms with Gasteiger partial charge in [-0.15, -0.1) is 11.3 Å². The van der Waals surface area contributed by atoms with Crippen molar-refractivity contribution in [3.8, 4) is 0 Å². The minimum absolute atomic E-state index is 1.17. The van der Waals surface area contributed by atoms with Crippen LogP contribution in [0.2, 0.25) is 0 Å². The van der Waals surface area contributed by atoms with Crippen LogP contribution >= 0.6 is 27.3 Å². The molecule has 0 saturated heterocycles. The Morgan fingerprint density at radius 2 is 0.744 bits per heavy atom. The highest BCUT2D eigenvalue weighted by Crippen LogP contribution is 2.32. The Hall–Kier alpha value is -3.76. The van der Waals surface area contributed by atoms with Crippen molar-refractivity contribution in [2.45, 2.75) is 0 Å². The Bertz CT molecular complexity index is 1660. The first-order valence-electron chi connectivity index (χ1n) is 13.1. The Morgan fingerprint density at radius 3 is 1.18 bits per heavy atom. The number of fused-ring (bicyclic) bond motifs is 3. The van der Waals surface area contributed by atoms with E-state index in [1.165, 1.54) is 45.4 Å². The van der Waals surface area contributed by atoms with E-state index >= 15 is 0 Å². The molecule has 0 fully saturated rings. The van der Waals surface area contributed by atoms with E-state index in [-0.39, 0.29) is 0 Å². The molecule has 0 amide bonds.